The van der Waals surface area contributed by atoms with Crippen molar-refractivity contribution in [2.75, 3.05) is 7.11 Å². The van der Waals surface area contributed by atoms with Crippen LogP contribution in [0.4, 0.5) is 4.39 Å². The number of methoxy groups -OCH3 is 1. The second-order valence-corrected chi connectivity index (χ2v) is 3.18. The Kier molecular flexibility index (Phi) is 4.10. The van der Waals surface area contributed by atoms with E-state index in [1.807, 2.05) is 24.3 Å². The van der Waals surface area contributed by atoms with E-state index >= 15 is 0 Å². The zero-order valence-electron chi connectivity index (χ0n) is 8.82. The van der Waals surface area contributed by atoms with Crippen molar-refractivity contribution < 1.29 is 9.13 Å². The van der Waals surface area contributed by atoms with Crippen LogP contribution in [-0.4, -0.2) is 13.3 Å². The van der Waals surface area contributed by atoms with Gasteiger partial charge in [-0.2, -0.15) is 0 Å². The standard InChI is InChI=1S/C13H15FO/c1-4-10(12(14)5-2)11-8-6-7-9-13(11)15-3/h4-10,12H,1-2H2,3H3. The van der Waals surface area contributed by atoms with Gasteiger partial charge in [0.15, 0.2) is 0 Å². The number of benzene rings is 1. The highest BCUT2D eigenvalue weighted by atomic mass is 19.1. The summed E-state index contributed by atoms with van der Waals surface area (Å²) >= 11 is 0. The van der Waals surface area contributed by atoms with Gasteiger partial charge in [-0.3, -0.25) is 0 Å². The maximum Gasteiger partial charge on any atom is 0.128 e. The van der Waals surface area contributed by atoms with Crippen LogP contribution in [0, 0.1) is 0 Å². The molecule has 0 radical (unpaired) electrons. The lowest BCUT2D eigenvalue weighted by molar-refractivity contribution is 0.357. The third kappa shape index (κ3) is 2.46. The van der Waals surface area contributed by atoms with Gasteiger partial charge >= 0.3 is 0 Å². The Hall–Kier alpha value is -1.57. The minimum atomic E-state index is -1.14. The summed E-state index contributed by atoms with van der Waals surface area (Å²) in [5, 5.41) is 0. The smallest absolute Gasteiger partial charge is 0.128 e. The third-order valence-corrected chi connectivity index (χ3v) is 2.32. The molecule has 2 heteroatoms. The first-order valence-electron chi connectivity index (χ1n) is 4.76. The fraction of sp³-hybridized carbons (Fsp3) is 0.231. The van der Waals surface area contributed by atoms with Crippen LogP contribution in [0.25, 0.3) is 0 Å². The molecule has 0 aliphatic heterocycles. The van der Waals surface area contributed by atoms with Crippen LogP contribution in [0.2, 0.25) is 0 Å². The zero-order chi connectivity index (χ0) is 11.3. The normalized spacial score (nSPS) is 14.0. The van der Waals surface area contributed by atoms with Crippen LogP contribution in [0.15, 0.2) is 49.6 Å². The van der Waals surface area contributed by atoms with E-state index in [2.05, 4.69) is 13.2 Å². The molecule has 0 amide bonds. The highest BCUT2D eigenvalue weighted by Crippen LogP contribution is 2.31. The van der Waals surface area contributed by atoms with Gasteiger partial charge in [-0.05, 0) is 6.07 Å². The second-order valence-electron chi connectivity index (χ2n) is 3.18. The molecular weight excluding hydrogens is 191 g/mol. The molecule has 0 saturated carbocycles. The van der Waals surface area contributed by atoms with Gasteiger partial charge in [-0.1, -0.05) is 30.4 Å². The van der Waals surface area contributed by atoms with Crippen molar-refractivity contribution in [3.63, 3.8) is 0 Å². The molecule has 0 N–H and O–H groups in total. The number of alkyl halides is 1. The molecule has 1 aromatic carbocycles. The van der Waals surface area contributed by atoms with Crippen LogP contribution in [0.3, 0.4) is 0 Å². The molecule has 0 aromatic heterocycles. The van der Waals surface area contributed by atoms with Crippen molar-refractivity contribution in [1.29, 1.82) is 0 Å². The first-order valence-corrected chi connectivity index (χ1v) is 4.76. The summed E-state index contributed by atoms with van der Waals surface area (Å²) in [6, 6.07) is 7.34. The molecular formula is C13H15FO. The maximum absolute atomic E-state index is 13.6. The Morgan fingerprint density at radius 3 is 2.47 bits per heavy atom. The van der Waals surface area contributed by atoms with Crippen LogP contribution in [-0.2, 0) is 0 Å². The van der Waals surface area contributed by atoms with E-state index in [1.54, 1.807) is 13.2 Å². The monoisotopic (exact) mass is 206 g/mol. The van der Waals surface area contributed by atoms with Crippen LogP contribution < -0.4 is 4.74 Å². The molecule has 15 heavy (non-hydrogen) atoms. The number of ether oxygens (including phenoxy) is 1. The SMILES string of the molecule is C=CC(F)C(C=C)c1ccccc1OC. The largest absolute Gasteiger partial charge is 0.496 e. The first-order chi connectivity index (χ1) is 7.24. The van der Waals surface area contributed by atoms with E-state index in [-0.39, 0.29) is 0 Å². The van der Waals surface area contributed by atoms with E-state index in [9.17, 15) is 4.39 Å². The third-order valence-electron chi connectivity index (χ3n) is 2.32. The Balaban J connectivity index is 3.10. The molecule has 1 rings (SSSR count). The van der Waals surface area contributed by atoms with Gasteiger partial charge in [0.05, 0.1) is 7.11 Å². The van der Waals surface area contributed by atoms with E-state index < -0.39 is 12.1 Å². The molecule has 0 heterocycles. The van der Waals surface area contributed by atoms with Crippen molar-refractivity contribution in [2.45, 2.75) is 12.1 Å². The summed E-state index contributed by atoms with van der Waals surface area (Å²) < 4.78 is 18.7. The Morgan fingerprint density at radius 2 is 1.93 bits per heavy atom. The molecule has 80 valence electrons. The van der Waals surface area contributed by atoms with Gasteiger partial charge in [0.1, 0.15) is 11.9 Å². The van der Waals surface area contributed by atoms with Crippen molar-refractivity contribution in [3.05, 3.63) is 55.1 Å². The molecule has 0 aliphatic rings. The lowest BCUT2D eigenvalue weighted by atomic mass is 9.93. The quantitative estimate of drug-likeness (QED) is 0.670. The summed E-state index contributed by atoms with van der Waals surface area (Å²) in [4.78, 5) is 0. The Labute approximate surface area is 89.9 Å². The number of rotatable bonds is 5. The highest BCUT2D eigenvalue weighted by molar-refractivity contribution is 5.39. The Bertz CT molecular complexity index is 346. The zero-order valence-corrected chi connectivity index (χ0v) is 8.82. The average Bonchev–Trinajstić information content (AvgIpc) is 2.30. The van der Waals surface area contributed by atoms with Crippen LogP contribution >= 0.6 is 0 Å². The Morgan fingerprint density at radius 1 is 1.27 bits per heavy atom. The fourth-order valence-electron chi connectivity index (χ4n) is 1.52. The number of hydrogen-bond donors (Lipinski definition) is 0. The summed E-state index contributed by atoms with van der Waals surface area (Å²) in [6.45, 7) is 7.09. The minimum absolute atomic E-state index is 0.404. The lowest BCUT2D eigenvalue weighted by Crippen LogP contribution is -2.09. The van der Waals surface area contributed by atoms with Crippen molar-refractivity contribution >= 4 is 0 Å². The molecule has 0 fully saturated rings. The molecule has 2 atom stereocenters. The molecule has 2 unspecified atom stereocenters. The van der Waals surface area contributed by atoms with Crippen LogP contribution in [0.5, 0.6) is 5.75 Å². The average molecular weight is 206 g/mol. The molecule has 0 bridgehead atoms. The van der Waals surface area contributed by atoms with Gasteiger partial charge in [0.25, 0.3) is 0 Å². The van der Waals surface area contributed by atoms with Crippen molar-refractivity contribution in [1.82, 2.24) is 0 Å². The predicted molar refractivity (Wildman–Crippen MR) is 61.0 cm³/mol. The van der Waals surface area contributed by atoms with E-state index in [0.29, 0.717) is 5.75 Å². The van der Waals surface area contributed by atoms with Gasteiger partial charge in [0.2, 0.25) is 0 Å². The topological polar surface area (TPSA) is 9.23 Å². The van der Waals surface area contributed by atoms with Gasteiger partial charge in [-0.25, -0.2) is 4.39 Å². The number of para-hydroxylation sites is 1. The van der Waals surface area contributed by atoms with Gasteiger partial charge < -0.3 is 4.74 Å². The van der Waals surface area contributed by atoms with E-state index in [0.717, 1.165) is 5.56 Å². The lowest BCUT2D eigenvalue weighted by Gasteiger charge is -2.17. The summed E-state index contributed by atoms with van der Waals surface area (Å²) in [6.07, 6.45) is 1.71. The van der Waals surface area contributed by atoms with Crippen molar-refractivity contribution in [3.8, 4) is 5.75 Å². The maximum atomic E-state index is 13.6. The molecule has 0 spiro atoms. The summed E-state index contributed by atoms with van der Waals surface area (Å²) in [5.74, 6) is 0.269. The highest BCUT2D eigenvalue weighted by Gasteiger charge is 2.19. The van der Waals surface area contributed by atoms with E-state index in [1.165, 1.54) is 6.08 Å². The fourth-order valence-corrected chi connectivity index (χ4v) is 1.52. The first kappa shape index (κ1) is 11.5. The van der Waals surface area contributed by atoms with E-state index in [4.69, 9.17) is 4.74 Å². The second kappa shape index (κ2) is 5.35. The van der Waals surface area contributed by atoms with Crippen LogP contribution in [0.1, 0.15) is 11.5 Å². The number of hydrogen-bond acceptors (Lipinski definition) is 1. The molecule has 1 aromatic rings. The van der Waals surface area contributed by atoms with Gasteiger partial charge in [0, 0.05) is 11.5 Å². The molecule has 1 nitrogen and oxygen atoms in total. The number of halogens is 1. The predicted octanol–water partition coefficient (Wildman–Crippen LogP) is 3.49. The number of allylic oxidation sites excluding steroid dienone is 2. The summed E-state index contributed by atoms with van der Waals surface area (Å²) in [7, 11) is 1.57. The molecule has 0 aliphatic carbocycles. The minimum Gasteiger partial charge on any atom is -0.496 e. The van der Waals surface area contributed by atoms with Gasteiger partial charge in [-0.15, -0.1) is 13.2 Å². The molecule has 0 saturated heterocycles. The summed E-state index contributed by atoms with van der Waals surface area (Å²) in [5.41, 5.74) is 0.794. The van der Waals surface area contributed by atoms with Crippen molar-refractivity contribution in [2.24, 2.45) is 0 Å².